The van der Waals surface area contributed by atoms with Crippen LogP contribution in [0.3, 0.4) is 0 Å². The number of ketones is 1. The highest BCUT2D eigenvalue weighted by Gasteiger charge is 2.42. The zero-order valence-corrected chi connectivity index (χ0v) is 8.19. The molecule has 78 valence electrons. The van der Waals surface area contributed by atoms with Crippen molar-refractivity contribution >= 4 is 11.8 Å². The van der Waals surface area contributed by atoms with Gasteiger partial charge < -0.3 is 9.47 Å². The summed E-state index contributed by atoms with van der Waals surface area (Å²) in [5, 5.41) is 0. The molecule has 0 amide bonds. The number of hydrogen-bond acceptors (Lipinski definition) is 4. The summed E-state index contributed by atoms with van der Waals surface area (Å²) < 4.78 is 10.4. The molecule has 0 aromatic rings. The minimum atomic E-state index is -0.411. The van der Waals surface area contributed by atoms with E-state index in [1.54, 1.807) is 0 Å². The number of hydrogen-bond donors (Lipinski definition) is 0. The van der Waals surface area contributed by atoms with Crippen molar-refractivity contribution < 1.29 is 19.1 Å². The van der Waals surface area contributed by atoms with Gasteiger partial charge in [-0.25, -0.2) is 0 Å². The Bertz CT molecular complexity index is 261. The van der Waals surface area contributed by atoms with Crippen LogP contribution in [0.2, 0.25) is 0 Å². The lowest BCUT2D eigenvalue weighted by Crippen LogP contribution is -2.30. The lowest BCUT2D eigenvalue weighted by atomic mass is 9.80. The minimum absolute atomic E-state index is 0.233. The van der Waals surface area contributed by atoms with E-state index in [4.69, 9.17) is 9.47 Å². The van der Waals surface area contributed by atoms with E-state index in [0.29, 0.717) is 25.2 Å². The third-order valence-corrected chi connectivity index (χ3v) is 2.96. The van der Waals surface area contributed by atoms with E-state index in [1.165, 1.54) is 6.92 Å². The van der Waals surface area contributed by atoms with E-state index in [9.17, 15) is 9.59 Å². The van der Waals surface area contributed by atoms with Crippen LogP contribution in [-0.2, 0) is 19.1 Å². The summed E-state index contributed by atoms with van der Waals surface area (Å²) in [6.45, 7) is 1.93. The number of Topliss-reactive ketones (excluding diaryl/α,β-unsaturated/α-hetero) is 1. The predicted molar refractivity (Wildman–Crippen MR) is 47.3 cm³/mol. The third kappa shape index (κ3) is 1.80. The fourth-order valence-electron chi connectivity index (χ4n) is 2.28. The number of carbonyl (C=O) groups excluding carboxylic acids is 2. The second-order valence-corrected chi connectivity index (χ2v) is 4.02. The smallest absolute Gasteiger partial charge is 0.304 e. The van der Waals surface area contributed by atoms with Crippen LogP contribution in [0.15, 0.2) is 0 Å². The highest BCUT2D eigenvalue weighted by atomic mass is 16.7. The Morgan fingerprint density at radius 3 is 3.07 bits per heavy atom. The number of carbonyl (C=O) groups is 2. The van der Waals surface area contributed by atoms with E-state index in [2.05, 4.69) is 0 Å². The molecule has 1 heterocycles. The maximum absolute atomic E-state index is 11.2. The molecule has 4 heteroatoms. The van der Waals surface area contributed by atoms with E-state index < -0.39 is 6.29 Å². The molecule has 2 rings (SSSR count). The molecule has 0 bridgehead atoms. The van der Waals surface area contributed by atoms with Gasteiger partial charge in [0, 0.05) is 25.7 Å². The molecular weight excluding hydrogens is 184 g/mol. The van der Waals surface area contributed by atoms with E-state index >= 15 is 0 Å². The number of ether oxygens (including phenoxy) is 2. The zero-order valence-electron chi connectivity index (χ0n) is 8.19. The molecule has 0 aromatic heterocycles. The summed E-state index contributed by atoms with van der Waals surface area (Å²) in [5.41, 5.74) is 0. The molecule has 3 atom stereocenters. The molecule has 1 saturated heterocycles. The second-order valence-electron chi connectivity index (χ2n) is 4.02. The van der Waals surface area contributed by atoms with Gasteiger partial charge in [0.05, 0.1) is 6.61 Å². The summed E-state index contributed by atoms with van der Waals surface area (Å²) in [5.74, 6) is 0.489. The standard InChI is InChI=1S/C10H14O4/c1-6(11)14-10-9-3-2-8(12)4-7(9)5-13-10/h7,9-10H,2-5H2,1H3/t7-,9-,10+/m1/s1. The zero-order chi connectivity index (χ0) is 10.1. The van der Waals surface area contributed by atoms with E-state index in [0.717, 1.165) is 6.42 Å². The van der Waals surface area contributed by atoms with Crippen molar-refractivity contribution in [1.82, 2.24) is 0 Å². The normalized spacial score (nSPS) is 36.6. The van der Waals surface area contributed by atoms with Crippen LogP contribution in [0.1, 0.15) is 26.2 Å². The van der Waals surface area contributed by atoms with Crippen LogP contribution in [0.25, 0.3) is 0 Å². The van der Waals surface area contributed by atoms with Gasteiger partial charge in [0.1, 0.15) is 5.78 Å². The van der Waals surface area contributed by atoms with Crippen molar-refractivity contribution in [3.05, 3.63) is 0 Å². The van der Waals surface area contributed by atoms with Crippen LogP contribution in [0.5, 0.6) is 0 Å². The van der Waals surface area contributed by atoms with E-state index in [1.807, 2.05) is 0 Å². The molecule has 4 nitrogen and oxygen atoms in total. The van der Waals surface area contributed by atoms with Crippen molar-refractivity contribution in [2.24, 2.45) is 11.8 Å². The van der Waals surface area contributed by atoms with Gasteiger partial charge in [0.2, 0.25) is 6.29 Å². The van der Waals surface area contributed by atoms with Crippen LogP contribution in [-0.4, -0.2) is 24.6 Å². The molecule has 1 saturated carbocycles. The van der Waals surface area contributed by atoms with Gasteiger partial charge in [-0.05, 0) is 12.3 Å². The highest BCUT2D eigenvalue weighted by molar-refractivity contribution is 5.79. The molecule has 0 unspecified atom stereocenters. The van der Waals surface area contributed by atoms with Gasteiger partial charge in [-0.1, -0.05) is 0 Å². The first-order chi connectivity index (χ1) is 6.66. The summed E-state index contributed by atoms with van der Waals surface area (Å²) in [7, 11) is 0. The average Bonchev–Trinajstić information content (AvgIpc) is 2.47. The first-order valence-electron chi connectivity index (χ1n) is 4.97. The van der Waals surface area contributed by atoms with Gasteiger partial charge in [-0.15, -0.1) is 0 Å². The Labute approximate surface area is 82.6 Å². The molecular formula is C10H14O4. The largest absolute Gasteiger partial charge is 0.436 e. The van der Waals surface area contributed by atoms with Crippen LogP contribution < -0.4 is 0 Å². The highest BCUT2D eigenvalue weighted by Crippen LogP contribution is 2.37. The quantitative estimate of drug-likeness (QED) is 0.587. The lowest BCUT2D eigenvalue weighted by Gasteiger charge is -2.25. The maximum atomic E-state index is 11.2. The third-order valence-electron chi connectivity index (χ3n) is 2.96. The van der Waals surface area contributed by atoms with Gasteiger partial charge in [0.25, 0.3) is 0 Å². The van der Waals surface area contributed by atoms with Gasteiger partial charge in [0.15, 0.2) is 0 Å². The number of esters is 1. The topological polar surface area (TPSA) is 52.6 Å². The first kappa shape index (κ1) is 9.65. The van der Waals surface area contributed by atoms with Gasteiger partial charge in [-0.2, -0.15) is 0 Å². The Kier molecular flexibility index (Phi) is 2.54. The van der Waals surface area contributed by atoms with Crippen molar-refractivity contribution in [2.45, 2.75) is 32.5 Å². The fraction of sp³-hybridized carbons (Fsp3) is 0.800. The van der Waals surface area contributed by atoms with Crippen molar-refractivity contribution in [2.75, 3.05) is 6.61 Å². The summed E-state index contributed by atoms with van der Waals surface area (Å²) in [6, 6.07) is 0. The van der Waals surface area contributed by atoms with E-state index in [-0.39, 0.29) is 17.8 Å². The van der Waals surface area contributed by atoms with Crippen LogP contribution in [0, 0.1) is 11.8 Å². The molecule has 2 aliphatic rings. The lowest BCUT2D eigenvalue weighted by molar-refractivity contribution is -0.173. The summed E-state index contributed by atoms with van der Waals surface area (Å²) in [4.78, 5) is 21.9. The second kappa shape index (κ2) is 3.69. The molecule has 2 fully saturated rings. The Morgan fingerprint density at radius 1 is 1.57 bits per heavy atom. The monoisotopic (exact) mass is 198 g/mol. The van der Waals surface area contributed by atoms with Crippen LogP contribution >= 0.6 is 0 Å². The van der Waals surface area contributed by atoms with Crippen molar-refractivity contribution in [3.8, 4) is 0 Å². The number of rotatable bonds is 1. The van der Waals surface area contributed by atoms with Crippen LogP contribution in [0.4, 0.5) is 0 Å². The van der Waals surface area contributed by atoms with Gasteiger partial charge in [-0.3, -0.25) is 9.59 Å². The minimum Gasteiger partial charge on any atom is -0.436 e. The number of fused-ring (bicyclic) bond motifs is 1. The van der Waals surface area contributed by atoms with Crippen molar-refractivity contribution in [1.29, 1.82) is 0 Å². The first-order valence-corrected chi connectivity index (χ1v) is 4.97. The average molecular weight is 198 g/mol. The molecule has 0 aromatic carbocycles. The predicted octanol–water partition coefficient (Wildman–Crippen LogP) is 0.891. The molecule has 0 spiro atoms. The SMILES string of the molecule is CC(=O)O[C@@H]1OC[C@H]2CC(=O)CC[C@H]21. The summed E-state index contributed by atoms with van der Waals surface area (Å²) >= 11 is 0. The molecule has 14 heavy (non-hydrogen) atoms. The van der Waals surface area contributed by atoms with Crippen molar-refractivity contribution in [3.63, 3.8) is 0 Å². The molecule has 1 aliphatic carbocycles. The molecule has 0 radical (unpaired) electrons. The molecule has 0 N–H and O–H groups in total. The Hall–Kier alpha value is -0.900. The summed E-state index contributed by atoms with van der Waals surface area (Å²) in [6.07, 6.45) is 1.57. The van der Waals surface area contributed by atoms with Gasteiger partial charge >= 0.3 is 5.97 Å². The maximum Gasteiger partial charge on any atom is 0.304 e. The fourth-order valence-corrected chi connectivity index (χ4v) is 2.28. The Morgan fingerprint density at radius 2 is 2.36 bits per heavy atom. The molecule has 1 aliphatic heterocycles. The Balaban J connectivity index is 1.98.